The van der Waals surface area contributed by atoms with Crippen molar-refractivity contribution in [1.82, 2.24) is 0 Å². The van der Waals surface area contributed by atoms with Crippen LogP contribution in [0.3, 0.4) is 0 Å². The van der Waals surface area contributed by atoms with Gasteiger partial charge in [-0.1, -0.05) is 12.1 Å². The Bertz CT molecular complexity index is 799. The number of aromatic hydroxyl groups is 1. The van der Waals surface area contributed by atoms with Crippen molar-refractivity contribution in [3.8, 4) is 5.75 Å². The van der Waals surface area contributed by atoms with E-state index in [0.29, 0.717) is 17.1 Å². The molecule has 0 bridgehead atoms. The number of rotatable bonds is 2. The second-order valence-electron chi connectivity index (χ2n) is 4.94. The number of hydrogen-bond acceptors (Lipinski definition) is 4. The number of phenols is 1. The highest BCUT2D eigenvalue weighted by Gasteiger charge is 2.33. The summed E-state index contributed by atoms with van der Waals surface area (Å²) in [4.78, 5) is 1.04. The number of halogens is 1. The third-order valence-corrected chi connectivity index (χ3v) is 7.17. The van der Waals surface area contributed by atoms with Gasteiger partial charge in [0.25, 0.3) is 10.0 Å². The Morgan fingerprint density at radius 3 is 2.81 bits per heavy atom. The number of nitrogens with zero attached hydrogens (tertiary/aromatic N) is 1. The predicted molar refractivity (Wildman–Crippen MR) is 87.7 cm³/mol. The summed E-state index contributed by atoms with van der Waals surface area (Å²) in [5, 5.41) is 10.1. The zero-order valence-corrected chi connectivity index (χ0v) is 14.6. The van der Waals surface area contributed by atoms with Crippen LogP contribution in [0, 0.1) is 6.92 Å². The summed E-state index contributed by atoms with van der Waals surface area (Å²) >= 11 is 4.73. The molecule has 0 atom stereocenters. The van der Waals surface area contributed by atoms with Gasteiger partial charge in [-0.3, -0.25) is 4.31 Å². The molecule has 0 unspecified atom stereocenters. The Morgan fingerprint density at radius 1 is 1.38 bits per heavy atom. The summed E-state index contributed by atoms with van der Waals surface area (Å²) in [6.07, 6.45) is 1.53. The molecular weight excluding hydrogens is 374 g/mol. The fourth-order valence-corrected chi connectivity index (χ4v) is 6.58. The molecule has 1 aliphatic rings. The Kier molecular flexibility index (Phi) is 3.75. The maximum absolute atomic E-state index is 12.9. The molecule has 0 spiro atoms. The first kappa shape index (κ1) is 14.9. The molecule has 0 radical (unpaired) electrons. The SMILES string of the molecule is Cc1sc(Br)cc1S(=O)(=O)N1CCCc2cccc(O)c21. The van der Waals surface area contributed by atoms with Crippen LogP contribution in [0.5, 0.6) is 5.75 Å². The minimum Gasteiger partial charge on any atom is -0.506 e. The monoisotopic (exact) mass is 387 g/mol. The van der Waals surface area contributed by atoms with Gasteiger partial charge in [0.2, 0.25) is 0 Å². The largest absolute Gasteiger partial charge is 0.506 e. The lowest BCUT2D eigenvalue weighted by molar-refractivity contribution is 0.472. The van der Waals surface area contributed by atoms with Crippen molar-refractivity contribution in [2.75, 3.05) is 10.8 Å². The van der Waals surface area contributed by atoms with Crippen molar-refractivity contribution in [2.24, 2.45) is 0 Å². The van der Waals surface area contributed by atoms with Gasteiger partial charge >= 0.3 is 0 Å². The Labute approximate surface area is 136 Å². The number of sulfonamides is 1. The highest BCUT2D eigenvalue weighted by atomic mass is 79.9. The molecule has 21 heavy (non-hydrogen) atoms. The Hall–Kier alpha value is -1.05. The zero-order valence-electron chi connectivity index (χ0n) is 11.3. The van der Waals surface area contributed by atoms with E-state index in [2.05, 4.69) is 15.9 Å². The number of hydrogen-bond donors (Lipinski definition) is 1. The second-order valence-corrected chi connectivity index (χ2v) is 9.40. The predicted octanol–water partition coefficient (Wildman–Crippen LogP) is 3.67. The van der Waals surface area contributed by atoms with E-state index in [9.17, 15) is 13.5 Å². The van der Waals surface area contributed by atoms with Gasteiger partial charge in [-0.15, -0.1) is 11.3 Å². The Morgan fingerprint density at radius 2 is 2.14 bits per heavy atom. The topological polar surface area (TPSA) is 57.6 Å². The molecule has 4 nitrogen and oxygen atoms in total. The lowest BCUT2D eigenvalue weighted by Gasteiger charge is -2.30. The second kappa shape index (κ2) is 5.30. The minimum absolute atomic E-state index is 0.0164. The first-order chi connectivity index (χ1) is 9.91. The van der Waals surface area contributed by atoms with Crippen LogP contribution in [0.1, 0.15) is 16.9 Å². The molecule has 112 valence electrons. The maximum atomic E-state index is 12.9. The lowest BCUT2D eigenvalue weighted by Crippen LogP contribution is -2.35. The average molecular weight is 388 g/mol. The van der Waals surface area contributed by atoms with Crippen molar-refractivity contribution < 1.29 is 13.5 Å². The number of para-hydroxylation sites is 1. The van der Waals surface area contributed by atoms with Crippen molar-refractivity contribution in [3.05, 3.63) is 38.5 Å². The van der Waals surface area contributed by atoms with Crippen LogP contribution in [0.4, 0.5) is 5.69 Å². The highest BCUT2D eigenvalue weighted by Crippen LogP contribution is 2.40. The number of fused-ring (bicyclic) bond motifs is 1. The maximum Gasteiger partial charge on any atom is 0.265 e. The number of benzene rings is 1. The van der Waals surface area contributed by atoms with E-state index in [1.165, 1.54) is 21.7 Å². The number of anilines is 1. The molecule has 0 fully saturated rings. The molecule has 0 amide bonds. The first-order valence-electron chi connectivity index (χ1n) is 6.51. The molecule has 1 aromatic carbocycles. The molecule has 0 aliphatic carbocycles. The number of aryl methyl sites for hydroxylation is 2. The molecule has 2 aromatic rings. The van der Waals surface area contributed by atoms with Gasteiger partial charge in [-0.05, 0) is 53.4 Å². The summed E-state index contributed by atoms with van der Waals surface area (Å²) in [7, 11) is -3.65. The standard InChI is InChI=1S/C14H14BrNO3S2/c1-9-12(8-13(15)20-9)21(18,19)16-7-3-5-10-4-2-6-11(17)14(10)16/h2,4,6,8,17H,3,5,7H2,1H3. The fourth-order valence-electron chi connectivity index (χ4n) is 2.64. The summed E-state index contributed by atoms with van der Waals surface area (Å²) in [5.41, 5.74) is 1.29. The fraction of sp³-hybridized carbons (Fsp3) is 0.286. The third-order valence-electron chi connectivity index (χ3n) is 3.57. The van der Waals surface area contributed by atoms with Crippen LogP contribution in [-0.2, 0) is 16.4 Å². The van der Waals surface area contributed by atoms with E-state index in [-0.39, 0.29) is 5.75 Å². The molecule has 1 aliphatic heterocycles. The van der Waals surface area contributed by atoms with E-state index in [1.54, 1.807) is 19.1 Å². The van der Waals surface area contributed by atoms with Gasteiger partial charge in [0.15, 0.2) is 0 Å². The van der Waals surface area contributed by atoms with E-state index in [1.807, 2.05) is 6.07 Å². The van der Waals surface area contributed by atoms with Gasteiger partial charge in [-0.25, -0.2) is 8.42 Å². The quantitative estimate of drug-likeness (QED) is 0.854. The van der Waals surface area contributed by atoms with Crippen LogP contribution in [0.2, 0.25) is 0 Å². The summed E-state index contributed by atoms with van der Waals surface area (Å²) in [5.74, 6) is 0.0164. The zero-order chi connectivity index (χ0) is 15.2. The highest BCUT2D eigenvalue weighted by molar-refractivity contribution is 9.11. The minimum atomic E-state index is -3.65. The summed E-state index contributed by atoms with van der Waals surface area (Å²) < 4.78 is 28.0. The molecule has 3 rings (SSSR count). The number of phenolic OH excluding ortho intramolecular Hbond substituents is 1. The van der Waals surface area contributed by atoms with Gasteiger partial charge < -0.3 is 5.11 Å². The van der Waals surface area contributed by atoms with Crippen LogP contribution < -0.4 is 4.31 Å². The van der Waals surface area contributed by atoms with Crippen molar-refractivity contribution >= 4 is 43.0 Å². The number of thiophene rings is 1. The first-order valence-corrected chi connectivity index (χ1v) is 9.56. The van der Waals surface area contributed by atoms with Crippen LogP contribution in [-0.4, -0.2) is 20.1 Å². The molecule has 1 N–H and O–H groups in total. The van der Waals surface area contributed by atoms with Gasteiger partial charge in [0, 0.05) is 11.4 Å². The van der Waals surface area contributed by atoms with Crippen LogP contribution >= 0.6 is 27.3 Å². The molecule has 2 heterocycles. The van der Waals surface area contributed by atoms with Crippen molar-refractivity contribution in [3.63, 3.8) is 0 Å². The van der Waals surface area contributed by atoms with Crippen molar-refractivity contribution in [2.45, 2.75) is 24.7 Å². The lowest BCUT2D eigenvalue weighted by atomic mass is 10.0. The van der Waals surface area contributed by atoms with Crippen LogP contribution in [0.25, 0.3) is 0 Å². The van der Waals surface area contributed by atoms with E-state index < -0.39 is 10.0 Å². The molecule has 7 heteroatoms. The van der Waals surface area contributed by atoms with E-state index in [0.717, 1.165) is 27.1 Å². The average Bonchev–Trinajstić information content (AvgIpc) is 2.78. The van der Waals surface area contributed by atoms with E-state index >= 15 is 0 Å². The smallest absolute Gasteiger partial charge is 0.265 e. The Balaban J connectivity index is 2.16. The summed E-state index contributed by atoms with van der Waals surface area (Å²) in [6.45, 7) is 2.18. The van der Waals surface area contributed by atoms with Gasteiger partial charge in [0.1, 0.15) is 10.6 Å². The molecule has 0 saturated carbocycles. The van der Waals surface area contributed by atoms with Gasteiger partial charge in [0.05, 0.1) is 9.47 Å². The molecular formula is C14H14BrNO3S2. The van der Waals surface area contributed by atoms with Crippen LogP contribution in [0.15, 0.2) is 32.9 Å². The normalized spacial score (nSPS) is 15.0. The molecule has 0 saturated heterocycles. The van der Waals surface area contributed by atoms with Gasteiger partial charge in [-0.2, -0.15) is 0 Å². The third kappa shape index (κ3) is 2.47. The van der Waals surface area contributed by atoms with Crippen molar-refractivity contribution in [1.29, 1.82) is 0 Å². The molecule has 1 aromatic heterocycles. The summed E-state index contributed by atoms with van der Waals surface area (Å²) in [6, 6.07) is 6.77. The van der Waals surface area contributed by atoms with E-state index in [4.69, 9.17) is 0 Å².